The van der Waals surface area contributed by atoms with Crippen LogP contribution in [0.25, 0.3) is 22.0 Å². The number of anilines is 1. The monoisotopic (exact) mass is 396 g/mol. The van der Waals surface area contributed by atoms with Crippen molar-refractivity contribution in [2.75, 3.05) is 33.6 Å². The van der Waals surface area contributed by atoms with Gasteiger partial charge in [0.05, 0.1) is 27.0 Å². The van der Waals surface area contributed by atoms with Gasteiger partial charge in [-0.2, -0.15) is 0 Å². The predicted octanol–water partition coefficient (Wildman–Crippen LogP) is 3.04. The third-order valence-electron chi connectivity index (χ3n) is 4.56. The Balaban J connectivity index is 2.17. The number of hydrogen-bond donors (Lipinski definition) is 2. The molecule has 0 saturated carbocycles. The highest BCUT2D eigenvalue weighted by Crippen LogP contribution is 2.42. The van der Waals surface area contributed by atoms with E-state index in [1.165, 1.54) is 0 Å². The number of ether oxygens (including phenoxy) is 3. The number of nitrogens with one attached hydrogen (secondary N) is 1. The minimum absolute atomic E-state index is 0.119. The van der Waals surface area contributed by atoms with Crippen LogP contribution in [-0.4, -0.2) is 44.0 Å². The number of nitrogens with two attached hydrogens (primary N) is 1. The molecular weight excluding hydrogens is 372 g/mol. The number of fused-ring (bicyclic) bond motifs is 1. The van der Waals surface area contributed by atoms with Crippen molar-refractivity contribution >= 4 is 22.5 Å². The van der Waals surface area contributed by atoms with Crippen molar-refractivity contribution in [3.63, 3.8) is 0 Å². The summed E-state index contributed by atoms with van der Waals surface area (Å²) in [7, 11) is 4.67. The molecule has 0 bridgehead atoms. The molecule has 29 heavy (non-hydrogen) atoms. The van der Waals surface area contributed by atoms with Crippen molar-refractivity contribution in [2.24, 2.45) is 0 Å². The van der Waals surface area contributed by atoms with Crippen LogP contribution in [-0.2, 0) is 0 Å². The van der Waals surface area contributed by atoms with Crippen molar-refractivity contribution in [2.45, 2.75) is 13.3 Å². The summed E-state index contributed by atoms with van der Waals surface area (Å²) < 4.78 is 16.3. The molecule has 0 spiro atoms. The number of nitrogen functional groups attached to an aromatic ring is 1. The van der Waals surface area contributed by atoms with E-state index in [0.717, 1.165) is 17.5 Å². The molecule has 0 fully saturated rings. The lowest BCUT2D eigenvalue weighted by atomic mass is 10.00. The van der Waals surface area contributed by atoms with E-state index in [-0.39, 0.29) is 17.3 Å². The number of methoxy groups -OCH3 is 3. The number of benzene rings is 2. The Morgan fingerprint density at radius 3 is 2.34 bits per heavy atom. The van der Waals surface area contributed by atoms with Crippen LogP contribution >= 0.6 is 0 Å². The Labute approximate surface area is 169 Å². The number of nitrogens with zero attached hydrogens (tertiary/aromatic N) is 2. The zero-order valence-corrected chi connectivity index (χ0v) is 16.9. The van der Waals surface area contributed by atoms with Gasteiger partial charge in [-0.25, -0.2) is 0 Å². The summed E-state index contributed by atoms with van der Waals surface area (Å²) in [6.45, 7) is 2.52. The molecule has 3 aromatic rings. The zero-order valence-electron chi connectivity index (χ0n) is 16.9. The summed E-state index contributed by atoms with van der Waals surface area (Å²) in [5, 5.41) is 11.8. The average molecular weight is 396 g/mol. The minimum atomic E-state index is -0.336. The molecule has 1 aromatic heterocycles. The number of rotatable bonds is 7. The van der Waals surface area contributed by atoms with Gasteiger partial charge in [-0.15, -0.1) is 10.2 Å². The molecule has 152 valence electrons. The second-order valence-corrected chi connectivity index (χ2v) is 6.33. The van der Waals surface area contributed by atoms with Crippen LogP contribution < -0.4 is 25.3 Å². The van der Waals surface area contributed by atoms with E-state index in [1.54, 1.807) is 21.3 Å². The first-order chi connectivity index (χ1) is 14.0. The van der Waals surface area contributed by atoms with Gasteiger partial charge in [0.15, 0.2) is 17.2 Å². The Kier molecular flexibility index (Phi) is 6.01. The molecule has 8 nitrogen and oxygen atoms in total. The van der Waals surface area contributed by atoms with Gasteiger partial charge in [0.1, 0.15) is 5.52 Å². The van der Waals surface area contributed by atoms with Gasteiger partial charge < -0.3 is 25.3 Å². The molecule has 0 aliphatic rings. The number of carbonyl (C=O) groups is 1. The molecule has 0 saturated heterocycles. The fourth-order valence-corrected chi connectivity index (χ4v) is 3.11. The first kappa shape index (κ1) is 20.2. The minimum Gasteiger partial charge on any atom is -0.493 e. The standard InChI is InChI=1S/C21H24N4O4/c1-5-9-23-21(26)19-17(22)14-8-6-7-13(18(14)24-25-19)12-10-15(27-2)20(29-4)16(11-12)28-3/h6-8,10-11H,5,9H2,1-4H3,(H2,22,24)(H,23,26). The summed E-state index contributed by atoms with van der Waals surface area (Å²) in [6.07, 6.45) is 0.817. The Morgan fingerprint density at radius 1 is 1.07 bits per heavy atom. The van der Waals surface area contributed by atoms with Gasteiger partial charge in [0, 0.05) is 17.5 Å². The van der Waals surface area contributed by atoms with Crippen LogP contribution in [0.2, 0.25) is 0 Å². The topological polar surface area (TPSA) is 109 Å². The fourth-order valence-electron chi connectivity index (χ4n) is 3.11. The average Bonchev–Trinajstić information content (AvgIpc) is 2.76. The first-order valence-corrected chi connectivity index (χ1v) is 9.19. The lowest BCUT2D eigenvalue weighted by Gasteiger charge is -2.15. The van der Waals surface area contributed by atoms with Crippen molar-refractivity contribution < 1.29 is 19.0 Å². The molecule has 3 N–H and O–H groups in total. The van der Waals surface area contributed by atoms with Crippen LogP contribution in [0.3, 0.4) is 0 Å². The largest absolute Gasteiger partial charge is 0.493 e. The first-order valence-electron chi connectivity index (χ1n) is 9.19. The molecule has 0 aliphatic heterocycles. The van der Waals surface area contributed by atoms with Gasteiger partial charge in [-0.1, -0.05) is 25.1 Å². The van der Waals surface area contributed by atoms with Gasteiger partial charge >= 0.3 is 0 Å². The van der Waals surface area contributed by atoms with Crippen LogP contribution in [0.4, 0.5) is 5.69 Å². The van der Waals surface area contributed by atoms with Crippen LogP contribution in [0, 0.1) is 0 Å². The van der Waals surface area contributed by atoms with Crippen molar-refractivity contribution in [1.82, 2.24) is 15.5 Å². The van der Waals surface area contributed by atoms with Gasteiger partial charge in [0.25, 0.3) is 5.91 Å². The van der Waals surface area contributed by atoms with E-state index in [9.17, 15) is 4.79 Å². The SMILES string of the molecule is CCCNC(=O)c1nnc2c(-c3cc(OC)c(OC)c(OC)c3)cccc2c1N. The number of carbonyl (C=O) groups excluding carboxylic acids is 1. The lowest BCUT2D eigenvalue weighted by Crippen LogP contribution is -2.26. The molecule has 2 aromatic carbocycles. The van der Waals surface area contributed by atoms with E-state index < -0.39 is 0 Å². The maximum Gasteiger partial charge on any atom is 0.273 e. The normalized spacial score (nSPS) is 10.6. The third kappa shape index (κ3) is 3.73. The van der Waals surface area contributed by atoms with Crippen LogP contribution in [0.5, 0.6) is 17.2 Å². The fraction of sp³-hybridized carbons (Fsp3) is 0.286. The highest BCUT2D eigenvalue weighted by molar-refractivity contribution is 6.07. The van der Waals surface area contributed by atoms with E-state index in [1.807, 2.05) is 37.3 Å². The summed E-state index contributed by atoms with van der Waals surface area (Å²) in [5.74, 6) is 1.21. The number of aromatic nitrogens is 2. The van der Waals surface area contributed by atoms with Crippen molar-refractivity contribution in [3.8, 4) is 28.4 Å². The van der Waals surface area contributed by atoms with Crippen molar-refractivity contribution in [1.29, 1.82) is 0 Å². The number of amides is 1. The third-order valence-corrected chi connectivity index (χ3v) is 4.56. The molecule has 0 aliphatic carbocycles. The molecule has 8 heteroatoms. The summed E-state index contributed by atoms with van der Waals surface area (Å²) >= 11 is 0. The summed E-state index contributed by atoms with van der Waals surface area (Å²) in [6, 6.07) is 9.23. The van der Waals surface area contributed by atoms with Crippen molar-refractivity contribution in [3.05, 3.63) is 36.0 Å². The smallest absolute Gasteiger partial charge is 0.273 e. The Hall–Kier alpha value is -3.55. The van der Waals surface area contributed by atoms with E-state index >= 15 is 0 Å². The highest BCUT2D eigenvalue weighted by Gasteiger charge is 2.19. The molecule has 0 atom stereocenters. The van der Waals surface area contributed by atoms with E-state index in [2.05, 4.69) is 15.5 Å². The predicted molar refractivity (Wildman–Crippen MR) is 112 cm³/mol. The quantitative estimate of drug-likeness (QED) is 0.632. The van der Waals surface area contributed by atoms with Gasteiger partial charge in [-0.3, -0.25) is 4.79 Å². The van der Waals surface area contributed by atoms with Gasteiger partial charge in [0.2, 0.25) is 5.75 Å². The zero-order chi connectivity index (χ0) is 21.0. The molecule has 3 rings (SSSR count). The Bertz CT molecular complexity index is 1030. The maximum absolute atomic E-state index is 12.3. The summed E-state index contributed by atoms with van der Waals surface area (Å²) in [4.78, 5) is 12.3. The molecular formula is C21H24N4O4. The van der Waals surface area contributed by atoms with E-state index in [0.29, 0.717) is 34.7 Å². The second kappa shape index (κ2) is 8.64. The van der Waals surface area contributed by atoms with Gasteiger partial charge in [-0.05, 0) is 24.1 Å². The highest BCUT2D eigenvalue weighted by atomic mass is 16.5. The van der Waals surface area contributed by atoms with Crippen LogP contribution in [0.15, 0.2) is 30.3 Å². The lowest BCUT2D eigenvalue weighted by molar-refractivity contribution is 0.0949. The Morgan fingerprint density at radius 2 is 1.76 bits per heavy atom. The van der Waals surface area contributed by atoms with E-state index in [4.69, 9.17) is 19.9 Å². The molecule has 0 radical (unpaired) electrons. The van der Waals surface area contributed by atoms with Crippen LogP contribution in [0.1, 0.15) is 23.8 Å². The summed E-state index contributed by atoms with van der Waals surface area (Å²) in [5.41, 5.74) is 8.82. The second-order valence-electron chi connectivity index (χ2n) is 6.33. The maximum atomic E-state index is 12.3. The molecule has 0 unspecified atom stereocenters. The molecule has 1 heterocycles. The molecule has 1 amide bonds. The number of hydrogen-bond acceptors (Lipinski definition) is 7.